The van der Waals surface area contributed by atoms with E-state index in [4.69, 9.17) is 0 Å². The third-order valence-corrected chi connectivity index (χ3v) is 3.99. The van der Waals surface area contributed by atoms with E-state index in [0.717, 1.165) is 12.8 Å². The van der Waals surface area contributed by atoms with Crippen LogP contribution in [0.1, 0.15) is 56.9 Å². The van der Waals surface area contributed by atoms with E-state index in [2.05, 4.69) is 42.6 Å². The van der Waals surface area contributed by atoms with Crippen LogP contribution in [-0.4, -0.2) is 19.2 Å². The van der Waals surface area contributed by atoms with E-state index >= 15 is 0 Å². The summed E-state index contributed by atoms with van der Waals surface area (Å²) in [6, 6.07) is 10.8. The average molecular weight is 289 g/mol. The molecule has 2 heteroatoms. The van der Waals surface area contributed by atoms with E-state index in [9.17, 15) is 5.11 Å². The number of allylic oxidation sites excluding steroid dienone is 2. The molecular formula is C19H31NO. The third-order valence-electron chi connectivity index (χ3n) is 3.99. The minimum atomic E-state index is 0.594. The van der Waals surface area contributed by atoms with Crippen LogP contribution in [0.5, 0.6) is 0 Å². The van der Waals surface area contributed by atoms with Crippen LogP contribution in [0.3, 0.4) is 0 Å². The van der Waals surface area contributed by atoms with Gasteiger partial charge in [0.1, 0.15) is 0 Å². The molecule has 0 radical (unpaired) electrons. The fraction of sp³-hybridized carbons (Fsp3) is 0.579. The highest BCUT2D eigenvalue weighted by Crippen LogP contribution is 2.38. The standard InChI is InChI=1S/C17H24O.C2H7N/c1-2-7-17(18)13-14-8-6-11-16(12-14)15-9-4-3-5-10-15;1-3-2/h3-5,7,9-10,14,16,18H,2,6,8,11-13H2,1H3;3H,1-2H3/b17-7+;. The SMILES string of the molecule is CC/C=C(/O)CC1CCCC(c2ccccc2)C1.CNC. The first-order valence-corrected chi connectivity index (χ1v) is 8.22. The summed E-state index contributed by atoms with van der Waals surface area (Å²) in [5.74, 6) is 1.95. The molecule has 1 aromatic carbocycles. The predicted octanol–water partition coefficient (Wildman–Crippen LogP) is 5.04. The Kier molecular flexibility index (Phi) is 8.84. The Hall–Kier alpha value is -1.28. The minimum Gasteiger partial charge on any atom is -0.513 e. The number of hydrogen-bond acceptors (Lipinski definition) is 2. The number of aliphatic hydroxyl groups is 1. The molecule has 2 rings (SSSR count). The molecular weight excluding hydrogens is 258 g/mol. The van der Waals surface area contributed by atoms with Gasteiger partial charge < -0.3 is 10.4 Å². The maximum atomic E-state index is 9.82. The Labute approximate surface area is 130 Å². The zero-order chi connectivity index (χ0) is 15.5. The first kappa shape index (κ1) is 17.8. The summed E-state index contributed by atoms with van der Waals surface area (Å²) in [5.41, 5.74) is 1.47. The second kappa shape index (κ2) is 10.4. The van der Waals surface area contributed by atoms with Gasteiger partial charge in [-0.05, 0) is 63.3 Å². The Morgan fingerprint density at radius 3 is 2.52 bits per heavy atom. The topological polar surface area (TPSA) is 32.3 Å². The Morgan fingerprint density at radius 1 is 1.24 bits per heavy atom. The fourth-order valence-corrected chi connectivity index (χ4v) is 3.12. The number of hydrogen-bond donors (Lipinski definition) is 2. The van der Waals surface area contributed by atoms with Gasteiger partial charge in [0.2, 0.25) is 0 Å². The molecule has 0 amide bonds. The van der Waals surface area contributed by atoms with Crippen molar-refractivity contribution in [3.8, 4) is 0 Å². The van der Waals surface area contributed by atoms with Crippen LogP contribution < -0.4 is 5.32 Å². The predicted molar refractivity (Wildman–Crippen MR) is 91.7 cm³/mol. The Bertz CT molecular complexity index is 399. The van der Waals surface area contributed by atoms with E-state index in [1.165, 1.54) is 31.2 Å². The van der Waals surface area contributed by atoms with Gasteiger partial charge in [-0.25, -0.2) is 0 Å². The zero-order valence-electron chi connectivity index (χ0n) is 13.8. The van der Waals surface area contributed by atoms with Crippen LogP contribution in [0.15, 0.2) is 42.2 Å². The van der Waals surface area contributed by atoms with Gasteiger partial charge in [-0.1, -0.05) is 43.7 Å². The van der Waals surface area contributed by atoms with Crippen molar-refractivity contribution in [2.45, 2.75) is 51.4 Å². The van der Waals surface area contributed by atoms with Crippen LogP contribution in [0, 0.1) is 5.92 Å². The number of rotatable bonds is 4. The first-order valence-electron chi connectivity index (χ1n) is 8.22. The average Bonchev–Trinajstić information content (AvgIpc) is 2.49. The second-order valence-electron chi connectivity index (χ2n) is 5.95. The molecule has 0 aromatic heterocycles. The van der Waals surface area contributed by atoms with Crippen molar-refractivity contribution in [2.75, 3.05) is 14.1 Å². The zero-order valence-corrected chi connectivity index (χ0v) is 13.8. The van der Waals surface area contributed by atoms with Gasteiger partial charge in [-0.3, -0.25) is 0 Å². The van der Waals surface area contributed by atoms with Gasteiger partial charge in [0.05, 0.1) is 5.76 Å². The quantitative estimate of drug-likeness (QED) is 0.761. The summed E-state index contributed by atoms with van der Waals surface area (Å²) in [6.45, 7) is 2.07. The van der Waals surface area contributed by atoms with Gasteiger partial charge in [0, 0.05) is 6.42 Å². The number of benzene rings is 1. The van der Waals surface area contributed by atoms with E-state index in [0.29, 0.717) is 17.6 Å². The van der Waals surface area contributed by atoms with Crippen LogP contribution in [-0.2, 0) is 0 Å². The fourth-order valence-electron chi connectivity index (χ4n) is 3.12. The lowest BCUT2D eigenvalue weighted by Gasteiger charge is -2.29. The molecule has 2 N–H and O–H groups in total. The van der Waals surface area contributed by atoms with Crippen molar-refractivity contribution in [3.05, 3.63) is 47.7 Å². The maximum absolute atomic E-state index is 9.82. The molecule has 0 heterocycles. The van der Waals surface area contributed by atoms with E-state index < -0.39 is 0 Å². The molecule has 0 saturated heterocycles. The summed E-state index contributed by atoms with van der Waals surface area (Å²) in [5, 5.41) is 12.6. The van der Waals surface area contributed by atoms with Crippen molar-refractivity contribution in [1.29, 1.82) is 0 Å². The van der Waals surface area contributed by atoms with Crippen molar-refractivity contribution < 1.29 is 5.11 Å². The summed E-state index contributed by atoms with van der Waals surface area (Å²) in [7, 11) is 3.75. The normalized spacial score (nSPS) is 22.3. The summed E-state index contributed by atoms with van der Waals surface area (Å²) < 4.78 is 0. The van der Waals surface area contributed by atoms with Gasteiger partial charge in [0.15, 0.2) is 0 Å². The molecule has 2 atom stereocenters. The molecule has 21 heavy (non-hydrogen) atoms. The van der Waals surface area contributed by atoms with E-state index in [1.54, 1.807) is 0 Å². The molecule has 0 bridgehead atoms. The molecule has 0 aliphatic heterocycles. The van der Waals surface area contributed by atoms with Gasteiger partial charge in [-0.2, -0.15) is 0 Å². The lowest BCUT2D eigenvalue weighted by atomic mass is 9.76. The van der Waals surface area contributed by atoms with E-state index in [1.807, 2.05) is 20.2 Å². The number of aliphatic hydroxyl groups excluding tert-OH is 1. The van der Waals surface area contributed by atoms with Gasteiger partial charge in [-0.15, -0.1) is 0 Å². The maximum Gasteiger partial charge on any atom is 0.0885 e. The highest BCUT2D eigenvalue weighted by molar-refractivity contribution is 5.20. The lowest BCUT2D eigenvalue weighted by Crippen LogP contribution is -2.15. The van der Waals surface area contributed by atoms with Gasteiger partial charge >= 0.3 is 0 Å². The summed E-state index contributed by atoms with van der Waals surface area (Å²) in [6.07, 6.45) is 8.85. The molecule has 0 spiro atoms. The van der Waals surface area contributed by atoms with Crippen LogP contribution in [0.4, 0.5) is 0 Å². The van der Waals surface area contributed by atoms with Crippen molar-refractivity contribution in [3.63, 3.8) is 0 Å². The Balaban J connectivity index is 0.000000677. The van der Waals surface area contributed by atoms with Crippen LogP contribution in [0.2, 0.25) is 0 Å². The highest BCUT2D eigenvalue weighted by Gasteiger charge is 2.23. The van der Waals surface area contributed by atoms with Crippen molar-refractivity contribution >= 4 is 0 Å². The number of nitrogens with one attached hydrogen (secondary N) is 1. The third kappa shape index (κ3) is 6.81. The summed E-state index contributed by atoms with van der Waals surface area (Å²) >= 11 is 0. The second-order valence-corrected chi connectivity index (χ2v) is 5.95. The smallest absolute Gasteiger partial charge is 0.0885 e. The molecule has 1 saturated carbocycles. The highest BCUT2D eigenvalue weighted by atomic mass is 16.3. The molecule has 1 fully saturated rings. The van der Waals surface area contributed by atoms with Crippen LogP contribution in [0.25, 0.3) is 0 Å². The molecule has 1 aromatic rings. The molecule has 118 valence electrons. The van der Waals surface area contributed by atoms with Gasteiger partial charge in [0.25, 0.3) is 0 Å². The van der Waals surface area contributed by atoms with Crippen molar-refractivity contribution in [2.24, 2.45) is 5.92 Å². The molecule has 2 unspecified atom stereocenters. The summed E-state index contributed by atoms with van der Waals surface area (Å²) in [4.78, 5) is 0. The lowest BCUT2D eigenvalue weighted by molar-refractivity contribution is 0.276. The first-order chi connectivity index (χ1) is 10.2. The molecule has 1 aliphatic carbocycles. The largest absolute Gasteiger partial charge is 0.513 e. The minimum absolute atomic E-state index is 0.594. The monoisotopic (exact) mass is 289 g/mol. The molecule has 2 nitrogen and oxygen atoms in total. The van der Waals surface area contributed by atoms with Crippen LogP contribution >= 0.6 is 0 Å². The van der Waals surface area contributed by atoms with E-state index in [-0.39, 0.29) is 0 Å². The molecule has 1 aliphatic rings. The Morgan fingerprint density at radius 2 is 1.90 bits per heavy atom. The van der Waals surface area contributed by atoms with Crippen molar-refractivity contribution in [1.82, 2.24) is 5.32 Å².